The third-order valence-corrected chi connectivity index (χ3v) is 5.16. The van der Waals surface area contributed by atoms with Gasteiger partial charge in [-0.2, -0.15) is 0 Å². The molecule has 5 heteroatoms. The summed E-state index contributed by atoms with van der Waals surface area (Å²) in [5, 5.41) is 3.14. The lowest BCUT2D eigenvalue weighted by Gasteiger charge is -2.12. The first-order chi connectivity index (χ1) is 8.08. The zero-order valence-corrected chi connectivity index (χ0v) is 12.7. The Hall–Kier alpha value is -0.0600. The topological polar surface area (TPSA) is 26.0 Å². The summed E-state index contributed by atoms with van der Waals surface area (Å²) < 4.78 is 1.11. The number of thiophene rings is 1. The smallest absolute Gasteiger partial charge is 0.0595 e. The van der Waals surface area contributed by atoms with Crippen LogP contribution in [0.2, 0.25) is 10.0 Å². The Bertz CT molecular complexity index is 527. The van der Waals surface area contributed by atoms with E-state index in [2.05, 4.69) is 15.9 Å². The molecule has 0 bridgehead atoms. The zero-order valence-electron chi connectivity index (χ0n) is 8.79. The summed E-state index contributed by atoms with van der Waals surface area (Å²) in [5.41, 5.74) is 7.16. The van der Waals surface area contributed by atoms with E-state index in [0.717, 1.165) is 16.5 Å². The fourth-order valence-electron chi connectivity index (χ4n) is 1.53. The van der Waals surface area contributed by atoms with Gasteiger partial charge in [-0.05, 0) is 45.1 Å². The minimum atomic E-state index is -0.0697. The van der Waals surface area contributed by atoms with E-state index in [1.165, 1.54) is 4.88 Å². The van der Waals surface area contributed by atoms with Gasteiger partial charge in [0.2, 0.25) is 0 Å². The Labute approximate surface area is 123 Å². The second-order valence-electron chi connectivity index (χ2n) is 3.68. The Kier molecular flexibility index (Phi) is 4.50. The van der Waals surface area contributed by atoms with E-state index in [-0.39, 0.29) is 6.04 Å². The van der Waals surface area contributed by atoms with Crippen LogP contribution in [0.15, 0.2) is 34.1 Å². The molecule has 0 spiro atoms. The van der Waals surface area contributed by atoms with Gasteiger partial charge in [0.05, 0.1) is 10.0 Å². The standard InChI is InChI=1S/C12H10BrCl2NS/c13-8-3-4-17-12(8)6-11(16)7-1-2-9(14)10(15)5-7/h1-5,11H,6,16H2. The molecule has 2 rings (SSSR count). The highest BCUT2D eigenvalue weighted by molar-refractivity contribution is 9.10. The lowest BCUT2D eigenvalue weighted by molar-refractivity contribution is 0.728. The Morgan fingerprint density at radius 2 is 2.00 bits per heavy atom. The summed E-state index contributed by atoms with van der Waals surface area (Å²) >= 11 is 17.0. The normalized spacial score (nSPS) is 12.7. The van der Waals surface area contributed by atoms with E-state index in [9.17, 15) is 0 Å². The minimum Gasteiger partial charge on any atom is -0.324 e. The number of halogens is 3. The van der Waals surface area contributed by atoms with Crippen LogP contribution in [0.25, 0.3) is 0 Å². The molecule has 1 atom stereocenters. The number of benzene rings is 1. The van der Waals surface area contributed by atoms with Crippen LogP contribution >= 0.6 is 50.5 Å². The summed E-state index contributed by atoms with van der Waals surface area (Å²) in [6.07, 6.45) is 0.788. The van der Waals surface area contributed by atoms with Crippen molar-refractivity contribution in [3.05, 3.63) is 54.6 Å². The van der Waals surface area contributed by atoms with Crippen LogP contribution in [0.1, 0.15) is 16.5 Å². The monoisotopic (exact) mass is 349 g/mol. The van der Waals surface area contributed by atoms with Crippen molar-refractivity contribution in [2.24, 2.45) is 5.73 Å². The van der Waals surface area contributed by atoms with E-state index in [1.807, 2.05) is 23.6 Å². The summed E-state index contributed by atoms with van der Waals surface area (Å²) in [4.78, 5) is 1.24. The van der Waals surface area contributed by atoms with Crippen LogP contribution in [-0.4, -0.2) is 0 Å². The summed E-state index contributed by atoms with van der Waals surface area (Å²) in [5.74, 6) is 0. The Morgan fingerprint density at radius 3 is 2.59 bits per heavy atom. The molecular weight excluding hydrogens is 341 g/mol. The molecule has 0 aliphatic heterocycles. The molecule has 0 saturated carbocycles. The molecule has 90 valence electrons. The first kappa shape index (κ1) is 13.4. The predicted molar refractivity (Wildman–Crippen MR) is 79.1 cm³/mol. The average molecular weight is 351 g/mol. The van der Waals surface area contributed by atoms with Crippen molar-refractivity contribution in [3.63, 3.8) is 0 Å². The van der Waals surface area contributed by atoms with E-state index >= 15 is 0 Å². The van der Waals surface area contributed by atoms with E-state index in [0.29, 0.717) is 10.0 Å². The Morgan fingerprint density at radius 1 is 1.24 bits per heavy atom. The first-order valence-corrected chi connectivity index (χ1v) is 7.43. The number of hydrogen-bond donors (Lipinski definition) is 1. The molecule has 1 unspecified atom stereocenters. The third kappa shape index (κ3) is 3.24. The van der Waals surface area contributed by atoms with Crippen molar-refractivity contribution in [3.8, 4) is 0 Å². The highest BCUT2D eigenvalue weighted by Crippen LogP contribution is 2.29. The number of hydrogen-bond acceptors (Lipinski definition) is 2. The van der Waals surface area contributed by atoms with Crippen LogP contribution in [0.5, 0.6) is 0 Å². The van der Waals surface area contributed by atoms with Gasteiger partial charge in [0.15, 0.2) is 0 Å². The molecule has 1 aromatic carbocycles. The average Bonchev–Trinajstić information content (AvgIpc) is 2.68. The SMILES string of the molecule is NC(Cc1sccc1Br)c1ccc(Cl)c(Cl)c1. The van der Waals surface area contributed by atoms with Gasteiger partial charge in [-0.25, -0.2) is 0 Å². The molecule has 1 aromatic heterocycles. The van der Waals surface area contributed by atoms with Gasteiger partial charge in [0.25, 0.3) is 0 Å². The molecule has 0 fully saturated rings. The summed E-state index contributed by atoms with van der Waals surface area (Å²) in [7, 11) is 0. The summed E-state index contributed by atoms with van der Waals surface area (Å²) in [6.45, 7) is 0. The van der Waals surface area contributed by atoms with Crippen molar-refractivity contribution in [1.29, 1.82) is 0 Å². The molecule has 2 aromatic rings. The maximum absolute atomic E-state index is 6.16. The molecule has 1 heterocycles. The van der Waals surface area contributed by atoms with Crippen molar-refractivity contribution in [2.75, 3.05) is 0 Å². The van der Waals surface area contributed by atoms with E-state index < -0.39 is 0 Å². The van der Waals surface area contributed by atoms with Gasteiger partial charge in [-0.15, -0.1) is 11.3 Å². The highest BCUT2D eigenvalue weighted by atomic mass is 79.9. The van der Waals surface area contributed by atoms with Crippen LogP contribution in [0.3, 0.4) is 0 Å². The van der Waals surface area contributed by atoms with Crippen LogP contribution in [0, 0.1) is 0 Å². The predicted octanol–water partition coefficient (Wildman–Crippen LogP) is 5.06. The number of rotatable bonds is 3. The van der Waals surface area contributed by atoms with Crippen molar-refractivity contribution >= 4 is 50.5 Å². The van der Waals surface area contributed by atoms with Crippen molar-refractivity contribution in [2.45, 2.75) is 12.5 Å². The lowest BCUT2D eigenvalue weighted by Crippen LogP contribution is -2.12. The second kappa shape index (κ2) is 5.72. The Balaban J connectivity index is 2.17. The molecule has 0 amide bonds. The molecular formula is C12H10BrCl2NS. The van der Waals surface area contributed by atoms with Crippen LogP contribution in [-0.2, 0) is 6.42 Å². The van der Waals surface area contributed by atoms with Gasteiger partial charge >= 0.3 is 0 Å². The minimum absolute atomic E-state index is 0.0697. The van der Waals surface area contributed by atoms with Gasteiger partial charge < -0.3 is 5.73 Å². The maximum atomic E-state index is 6.16. The molecule has 2 N–H and O–H groups in total. The first-order valence-electron chi connectivity index (χ1n) is 5.00. The quantitative estimate of drug-likeness (QED) is 0.822. The largest absolute Gasteiger partial charge is 0.324 e. The van der Waals surface area contributed by atoms with Gasteiger partial charge in [0, 0.05) is 21.8 Å². The molecule has 0 aliphatic rings. The fraction of sp³-hybridized carbons (Fsp3) is 0.167. The van der Waals surface area contributed by atoms with Gasteiger partial charge in [-0.1, -0.05) is 29.3 Å². The van der Waals surface area contributed by atoms with Gasteiger partial charge in [-0.3, -0.25) is 0 Å². The molecule has 17 heavy (non-hydrogen) atoms. The van der Waals surface area contributed by atoms with Crippen LogP contribution in [0.4, 0.5) is 0 Å². The number of nitrogens with two attached hydrogens (primary N) is 1. The van der Waals surface area contributed by atoms with Gasteiger partial charge in [0.1, 0.15) is 0 Å². The highest BCUT2D eigenvalue weighted by Gasteiger charge is 2.11. The second-order valence-corrected chi connectivity index (χ2v) is 6.35. The molecule has 0 aliphatic carbocycles. The van der Waals surface area contributed by atoms with Crippen molar-refractivity contribution in [1.82, 2.24) is 0 Å². The summed E-state index contributed by atoms with van der Waals surface area (Å²) in [6, 6.07) is 7.49. The lowest BCUT2D eigenvalue weighted by atomic mass is 10.0. The van der Waals surface area contributed by atoms with E-state index in [1.54, 1.807) is 17.4 Å². The van der Waals surface area contributed by atoms with Crippen LogP contribution < -0.4 is 5.73 Å². The van der Waals surface area contributed by atoms with E-state index in [4.69, 9.17) is 28.9 Å². The maximum Gasteiger partial charge on any atom is 0.0595 e. The fourth-order valence-corrected chi connectivity index (χ4v) is 3.41. The zero-order chi connectivity index (χ0) is 12.4. The third-order valence-electron chi connectivity index (χ3n) is 2.47. The van der Waals surface area contributed by atoms with Crippen molar-refractivity contribution < 1.29 is 0 Å². The molecule has 0 saturated heterocycles. The molecule has 0 radical (unpaired) electrons. The molecule has 1 nitrogen and oxygen atoms in total.